The molecule has 6 nitrogen and oxygen atoms in total. The first kappa shape index (κ1) is 18.0. The first-order chi connectivity index (χ1) is 13.7. The molecular formula is C22H22N4O2. The molecule has 0 amide bonds. The second-order valence-corrected chi connectivity index (χ2v) is 6.60. The van der Waals surface area contributed by atoms with Crippen LogP contribution in [0.15, 0.2) is 65.6 Å². The van der Waals surface area contributed by atoms with Gasteiger partial charge in [0.2, 0.25) is 0 Å². The molecule has 0 spiro atoms. The first-order valence-electron chi connectivity index (χ1n) is 9.41. The molecule has 0 atom stereocenters. The number of nitrogens with zero attached hydrogens (tertiary/aromatic N) is 4. The Hall–Kier alpha value is -3.41. The number of ether oxygens (including phenoxy) is 1. The number of aromatic nitrogens is 4. The van der Waals surface area contributed by atoms with Crippen molar-refractivity contribution in [1.29, 1.82) is 0 Å². The summed E-state index contributed by atoms with van der Waals surface area (Å²) >= 11 is 0. The summed E-state index contributed by atoms with van der Waals surface area (Å²) in [5, 5.41) is 4.96. The van der Waals surface area contributed by atoms with Gasteiger partial charge in [0.15, 0.2) is 5.65 Å². The van der Waals surface area contributed by atoms with Gasteiger partial charge in [-0.2, -0.15) is 5.10 Å². The molecule has 6 heteroatoms. The van der Waals surface area contributed by atoms with Crippen LogP contribution in [0.25, 0.3) is 28.1 Å². The van der Waals surface area contributed by atoms with Gasteiger partial charge in [-0.25, -0.2) is 9.67 Å². The molecule has 0 saturated heterocycles. The minimum absolute atomic E-state index is 0.0635. The number of rotatable bonds is 6. The Labute approximate surface area is 163 Å². The van der Waals surface area contributed by atoms with Gasteiger partial charge in [0.1, 0.15) is 17.0 Å². The SMILES string of the molecule is CCCCn1c(-c2ccc(OC)cc2)nc2c(cnn2-c2ccccc2)c1=O. The van der Waals surface area contributed by atoms with Gasteiger partial charge < -0.3 is 4.74 Å². The van der Waals surface area contributed by atoms with E-state index in [0.717, 1.165) is 29.8 Å². The normalized spacial score (nSPS) is 11.1. The van der Waals surface area contributed by atoms with Crippen molar-refractivity contribution in [3.05, 3.63) is 71.1 Å². The topological polar surface area (TPSA) is 61.9 Å². The third kappa shape index (κ3) is 3.17. The van der Waals surface area contributed by atoms with E-state index in [2.05, 4.69) is 12.0 Å². The van der Waals surface area contributed by atoms with Crippen LogP contribution in [0.1, 0.15) is 19.8 Å². The summed E-state index contributed by atoms with van der Waals surface area (Å²) in [6.07, 6.45) is 3.51. The minimum atomic E-state index is -0.0635. The lowest BCUT2D eigenvalue weighted by molar-refractivity contribution is 0.415. The molecule has 0 unspecified atom stereocenters. The number of methoxy groups -OCH3 is 1. The zero-order valence-electron chi connectivity index (χ0n) is 16.0. The maximum Gasteiger partial charge on any atom is 0.264 e. The van der Waals surface area contributed by atoms with Crippen LogP contribution in [0.4, 0.5) is 0 Å². The van der Waals surface area contributed by atoms with E-state index >= 15 is 0 Å². The number of unbranched alkanes of at least 4 members (excludes halogenated alkanes) is 1. The molecule has 0 fully saturated rings. The van der Waals surface area contributed by atoms with Crippen molar-refractivity contribution in [2.45, 2.75) is 26.3 Å². The lowest BCUT2D eigenvalue weighted by Crippen LogP contribution is -2.23. The predicted molar refractivity (Wildman–Crippen MR) is 110 cm³/mol. The van der Waals surface area contributed by atoms with E-state index in [0.29, 0.717) is 23.4 Å². The largest absolute Gasteiger partial charge is 0.497 e. The van der Waals surface area contributed by atoms with Crippen LogP contribution in [-0.4, -0.2) is 26.4 Å². The van der Waals surface area contributed by atoms with E-state index in [1.807, 2.05) is 54.6 Å². The first-order valence-corrected chi connectivity index (χ1v) is 9.41. The average molecular weight is 374 g/mol. The van der Waals surface area contributed by atoms with Gasteiger partial charge in [0.25, 0.3) is 5.56 Å². The summed E-state index contributed by atoms with van der Waals surface area (Å²) in [5.74, 6) is 1.41. The van der Waals surface area contributed by atoms with E-state index < -0.39 is 0 Å². The number of hydrogen-bond acceptors (Lipinski definition) is 4. The molecule has 0 aliphatic carbocycles. The highest BCUT2D eigenvalue weighted by atomic mass is 16.5. The molecule has 0 saturated carbocycles. The molecular weight excluding hydrogens is 352 g/mol. The van der Waals surface area contributed by atoms with Crippen molar-refractivity contribution in [3.8, 4) is 22.8 Å². The van der Waals surface area contributed by atoms with Crippen molar-refractivity contribution in [2.75, 3.05) is 7.11 Å². The Morgan fingerprint density at radius 1 is 1.04 bits per heavy atom. The summed E-state index contributed by atoms with van der Waals surface area (Å²) in [6.45, 7) is 2.73. The number of benzene rings is 2. The maximum atomic E-state index is 13.2. The van der Waals surface area contributed by atoms with Crippen LogP contribution in [0.2, 0.25) is 0 Å². The molecule has 2 aromatic carbocycles. The van der Waals surface area contributed by atoms with Crippen molar-refractivity contribution in [3.63, 3.8) is 0 Å². The second kappa shape index (κ2) is 7.68. The highest BCUT2D eigenvalue weighted by Gasteiger charge is 2.17. The molecule has 4 rings (SSSR count). The van der Waals surface area contributed by atoms with E-state index in [-0.39, 0.29) is 5.56 Å². The molecule has 142 valence electrons. The molecule has 28 heavy (non-hydrogen) atoms. The van der Waals surface area contributed by atoms with E-state index in [1.54, 1.807) is 22.6 Å². The fourth-order valence-corrected chi connectivity index (χ4v) is 3.24. The van der Waals surface area contributed by atoms with Gasteiger partial charge in [-0.3, -0.25) is 9.36 Å². The predicted octanol–water partition coefficient (Wildman–Crippen LogP) is 4.06. The number of fused-ring (bicyclic) bond motifs is 1. The molecule has 0 bridgehead atoms. The number of hydrogen-bond donors (Lipinski definition) is 0. The fraction of sp³-hybridized carbons (Fsp3) is 0.227. The molecule has 0 N–H and O–H groups in total. The van der Waals surface area contributed by atoms with Crippen LogP contribution in [0.3, 0.4) is 0 Å². The van der Waals surface area contributed by atoms with Crippen LogP contribution in [0, 0.1) is 0 Å². The van der Waals surface area contributed by atoms with Crippen LogP contribution < -0.4 is 10.3 Å². The van der Waals surface area contributed by atoms with Gasteiger partial charge in [-0.1, -0.05) is 31.5 Å². The third-order valence-corrected chi connectivity index (χ3v) is 4.77. The van der Waals surface area contributed by atoms with Crippen LogP contribution >= 0.6 is 0 Å². The standard InChI is InChI=1S/C22H22N4O2/c1-3-4-14-25-20(16-10-12-18(28-2)13-11-16)24-21-19(22(25)27)15-23-26(21)17-8-6-5-7-9-17/h5-13,15H,3-4,14H2,1-2H3. The molecule has 0 aliphatic rings. The van der Waals surface area contributed by atoms with Crippen LogP contribution in [0.5, 0.6) is 5.75 Å². The highest BCUT2D eigenvalue weighted by Crippen LogP contribution is 2.23. The van der Waals surface area contributed by atoms with Gasteiger partial charge in [0, 0.05) is 12.1 Å². The Morgan fingerprint density at radius 2 is 1.79 bits per heavy atom. The van der Waals surface area contributed by atoms with Crippen LogP contribution in [-0.2, 0) is 6.54 Å². The summed E-state index contributed by atoms with van der Waals surface area (Å²) < 4.78 is 8.73. The fourth-order valence-electron chi connectivity index (χ4n) is 3.24. The summed E-state index contributed by atoms with van der Waals surface area (Å²) in [6, 6.07) is 17.3. The zero-order valence-corrected chi connectivity index (χ0v) is 16.0. The molecule has 4 aromatic rings. The number of para-hydroxylation sites is 1. The molecule has 2 aromatic heterocycles. The van der Waals surface area contributed by atoms with E-state index in [1.165, 1.54) is 0 Å². The summed E-state index contributed by atoms with van der Waals surface area (Å²) in [5.41, 5.74) is 2.24. The Kier molecular flexibility index (Phi) is 4.93. The minimum Gasteiger partial charge on any atom is -0.497 e. The van der Waals surface area contributed by atoms with Gasteiger partial charge in [0.05, 0.1) is 19.0 Å². The Morgan fingerprint density at radius 3 is 2.46 bits per heavy atom. The molecule has 0 radical (unpaired) electrons. The Bertz CT molecular complexity index is 1150. The summed E-state index contributed by atoms with van der Waals surface area (Å²) in [4.78, 5) is 18.1. The van der Waals surface area contributed by atoms with Gasteiger partial charge in [-0.05, 0) is 42.8 Å². The summed E-state index contributed by atoms with van der Waals surface area (Å²) in [7, 11) is 1.63. The van der Waals surface area contributed by atoms with E-state index in [9.17, 15) is 4.79 Å². The average Bonchev–Trinajstić information content (AvgIpc) is 3.18. The van der Waals surface area contributed by atoms with Gasteiger partial charge >= 0.3 is 0 Å². The monoisotopic (exact) mass is 374 g/mol. The zero-order chi connectivity index (χ0) is 19.5. The Balaban J connectivity index is 1.95. The van der Waals surface area contributed by atoms with Gasteiger partial charge in [-0.15, -0.1) is 0 Å². The highest BCUT2D eigenvalue weighted by molar-refractivity contribution is 5.78. The lowest BCUT2D eigenvalue weighted by Gasteiger charge is -2.13. The van der Waals surface area contributed by atoms with E-state index in [4.69, 9.17) is 9.72 Å². The molecule has 0 aliphatic heterocycles. The maximum absolute atomic E-state index is 13.2. The smallest absolute Gasteiger partial charge is 0.264 e. The quantitative estimate of drug-likeness (QED) is 0.511. The van der Waals surface area contributed by atoms with Crippen molar-refractivity contribution >= 4 is 11.0 Å². The third-order valence-electron chi connectivity index (χ3n) is 4.77. The second-order valence-electron chi connectivity index (χ2n) is 6.60. The lowest BCUT2D eigenvalue weighted by atomic mass is 10.2. The van der Waals surface area contributed by atoms with Crippen molar-refractivity contribution < 1.29 is 4.74 Å². The van der Waals surface area contributed by atoms with Crippen molar-refractivity contribution in [1.82, 2.24) is 19.3 Å². The molecule has 2 heterocycles. The van der Waals surface area contributed by atoms with Crippen molar-refractivity contribution in [2.24, 2.45) is 0 Å².